The van der Waals surface area contributed by atoms with Gasteiger partial charge in [-0.05, 0) is 73.2 Å². The third kappa shape index (κ3) is 3.64. The van der Waals surface area contributed by atoms with E-state index in [0.29, 0.717) is 0 Å². The van der Waals surface area contributed by atoms with Crippen molar-refractivity contribution < 1.29 is 0 Å². The summed E-state index contributed by atoms with van der Waals surface area (Å²) in [5.41, 5.74) is 15.3. The number of rotatable bonds is 6. The summed E-state index contributed by atoms with van der Waals surface area (Å²) < 4.78 is 0. The van der Waals surface area contributed by atoms with Gasteiger partial charge in [-0.3, -0.25) is 0 Å². The van der Waals surface area contributed by atoms with Gasteiger partial charge in [-0.15, -0.1) is 0 Å². The zero-order valence-electron chi connectivity index (χ0n) is 12.8. The summed E-state index contributed by atoms with van der Waals surface area (Å²) >= 11 is 0. The molecule has 1 saturated carbocycles. The van der Waals surface area contributed by atoms with Gasteiger partial charge in [0, 0.05) is 35.8 Å². The van der Waals surface area contributed by atoms with Crippen LogP contribution in [0, 0.1) is 11.8 Å². The fourth-order valence-corrected chi connectivity index (χ4v) is 2.88. The Morgan fingerprint density at radius 2 is 1.05 bits per heavy atom. The number of anilines is 4. The van der Waals surface area contributed by atoms with Gasteiger partial charge >= 0.3 is 0 Å². The van der Waals surface area contributed by atoms with Crippen LogP contribution >= 0.6 is 0 Å². The average molecular weight is 296 g/mol. The first-order valence-electron chi connectivity index (χ1n) is 7.89. The van der Waals surface area contributed by atoms with Crippen LogP contribution in [0.2, 0.25) is 0 Å². The maximum Gasteiger partial charge on any atom is 0.0341 e. The molecule has 116 valence electrons. The minimum Gasteiger partial charge on any atom is -0.399 e. The maximum atomic E-state index is 5.70. The van der Waals surface area contributed by atoms with E-state index in [1.807, 2.05) is 48.5 Å². The van der Waals surface area contributed by atoms with Gasteiger partial charge in [0.1, 0.15) is 0 Å². The third-order valence-electron chi connectivity index (χ3n) is 4.53. The van der Waals surface area contributed by atoms with Crippen molar-refractivity contribution in [2.24, 2.45) is 11.8 Å². The largest absolute Gasteiger partial charge is 0.399 e. The molecule has 2 aromatic rings. The van der Waals surface area contributed by atoms with Crippen molar-refractivity contribution in [3.63, 3.8) is 0 Å². The van der Waals surface area contributed by atoms with Crippen LogP contribution in [-0.2, 0) is 0 Å². The third-order valence-corrected chi connectivity index (χ3v) is 4.53. The van der Waals surface area contributed by atoms with Crippen molar-refractivity contribution in [2.75, 3.05) is 35.2 Å². The van der Waals surface area contributed by atoms with Gasteiger partial charge in [-0.1, -0.05) is 0 Å². The van der Waals surface area contributed by atoms with Crippen LogP contribution in [0.15, 0.2) is 48.5 Å². The Hall–Kier alpha value is -2.36. The van der Waals surface area contributed by atoms with Crippen molar-refractivity contribution in [1.29, 1.82) is 0 Å². The maximum absolute atomic E-state index is 5.70. The van der Waals surface area contributed by atoms with E-state index in [9.17, 15) is 0 Å². The van der Waals surface area contributed by atoms with E-state index < -0.39 is 0 Å². The van der Waals surface area contributed by atoms with E-state index in [1.165, 1.54) is 12.8 Å². The van der Waals surface area contributed by atoms with Crippen LogP contribution in [0.1, 0.15) is 12.8 Å². The van der Waals surface area contributed by atoms with Gasteiger partial charge in [-0.2, -0.15) is 0 Å². The van der Waals surface area contributed by atoms with Gasteiger partial charge in [-0.25, -0.2) is 0 Å². The lowest BCUT2D eigenvalue weighted by molar-refractivity contribution is 0.202. The molecular weight excluding hydrogens is 272 g/mol. The number of benzene rings is 2. The van der Waals surface area contributed by atoms with Crippen molar-refractivity contribution in [2.45, 2.75) is 12.8 Å². The molecular formula is C18H24N4. The molecule has 0 amide bonds. The quantitative estimate of drug-likeness (QED) is 0.616. The molecule has 2 unspecified atom stereocenters. The van der Waals surface area contributed by atoms with Gasteiger partial charge in [0.25, 0.3) is 0 Å². The van der Waals surface area contributed by atoms with Crippen LogP contribution in [-0.4, -0.2) is 13.1 Å². The molecule has 0 bridgehead atoms. The first kappa shape index (κ1) is 14.6. The topological polar surface area (TPSA) is 76.1 Å². The second kappa shape index (κ2) is 6.60. The lowest BCUT2D eigenvalue weighted by Crippen LogP contribution is -2.36. The van der Waals surface area contributed by atoms with Crippen LogP contribution in [0.3, 0.4) is 0 Å². The Morgan fingerprint density at radius 3 is 1.36 bits per heavy atom. The van der Waals surface area contributed by atoms with Gasteiger partial charge < -0.3 is 22.1 Å². The summed E-state index contributed by atoms with van der Waals surface area (Å²) in [7, 11) is 0. The van der Waals surface area contributed by atoms with Crippen molar-refractivity contribution >= 4 is 22.7 Å². The monoisotopic (exact) mass is 296 g/mol. The summed E-state index contributed by atoms with van der Waals surface area (Å²) in [6.07, 6.45) is 2.60. The zero-order valence-corrected chi connectivity index (χ0v) is 12.8. The molecule has 0 spiro atoms. The summed E-state index contributed by atoms with van der Waals surface area (Å²) in [5.74, 6) is 1.47. The highest BCUT2D eigenvalue weighted by Crippen LogP contribution is 2.34. The summed E-state index contributed by atoms with van der Waals surface area (Å²) in [6.45, 7) is 2.05. The second-order valence-electron chi connectivity index (χ2n) is 6.10. The molecule has 0 aliphatic heterocycles. The molecule has 6 N–H and O–H groups in total. The fourth-order valence-electron chi connectivity index (χ4n) is 2.88. The normalized spacial score (nSPS) is 20.2. The van der Waals surface area contributed by atoms with Crippen LogP contribution in [0.4, 0.5) is 22.7 Å². The fraction of sp³-hybridized carbons (Fsp3) is 0.333. The van der Waals surface area contributed by atoms with Crippen LogP contribution in [0.25, 0.3) is 0 Å². The predicted molar refractivity (Wildman–Crippen MR) is 94.9 cm³/mol. The molecule has 0 saturated heterocycles. The van der Waals surface area contributed by atoms with Crippen molar-refractivity contribution in [3.8, 4) is 0 Å². The lowest BCUT2D eigenvalue weighted by Gasteiger charge is -2.37. The van der Waals surface area contributed by atoms with E-state index in [4.69, 9.17) is 11.5 Å². The van der Waals surface area contributed by atoms with Crippen LogP contribution in [0.5, 0.6) is 0 Å². The van der Waals surface area contributed by atoms with Gasteiger partial charge in [0.2, 0.25) is 0 Å². The van der Waals surface area contributed by atoms with E-state index in [0.717, 1.165) is 47.7 Å². The second-order valence-corrected chi connectivity index (χ2v) is 6.10. The molecule has 0 aromatic heterocycles. The standard InChI is InChI=1S/C18H24N4/c19-15-3-7-17(8-4-15)21-11-13-1-2-14(13)12-22-18-9-5-16(20)6-10-18/h3-10,13-14,21-22H,1-2,11-12,19-20H2. The molecule has 0 radical (unpaired) electrons. The molecule has 0 heterocycles. The zero-order chi connectivity index (χ0) is 15.4. The molecule has 1 aliphatic carbocycles. The number of nitrogens with one attached hydrogen (secondary N) is 2. The highest BCUT2D eigenvalue weighted by Gasteiger charge is 2.30. The Morgan fingerprint density at radius 1 is 0.682 bits per heavy atom. The Bertz CT molecular complexity index is 536. The first-order valence-corrected chi connectivity index (χ1v) is 7.89. The Balaban J connectivity index is 1.43. The predicted octanol–water partition coefficient (Wildman–Crippen LogP) is 3.40. The first-order chi connectivity index (χ1) is 10.7. The summed E-state index contributed by atoms with van der Waals surface area (Å²) in [5, 5.41) is 7.02. The molecule has 1 fully saturated rings. The lowest BCUT2D eigenvalue weighted by atomic mass is 9.73. The average Bonchev–Trinajstić information content (AvgIpc) is 2.50. The van der Waals surface area contributed by atoms with Crippen LogP contribution < -0.4 is 22.1 Å². The van der Waals surface area contributed by atoms with Crippen molar-refractivity contribution in [1.82, 2.24) is 0 Å². The van der Waals surface area contributed by atoms with E-state index in [2.05, 4.69) is 10.6 Å². The molecule has 1 aliphatic rings. The van der Waals surface area contributed by atoms with E-state index >= 15 is 0 Å². The minimum atomic E-state index is 0.735. The summed E-state index contributed by atoms with van der Waals surface area (Å²) in [6, 6.07) is 15.9. The van der Waals surface area contributed by atoms with Gasteiger partial charge in [0.05, 0.1) is 0 Å². The number of nitrogens with two attached hydrogens (primary N) is 2. The SMILES string of the molecule is Nc1ccc(NCC2CCC2CNc2ccc(N)cc2)cc1. The summed E-state index contributed by atoms with van der Waals surface area (Å²) in [4.78, 5) is 0. The van der Waals surface area contributed by atoms with Gasteiger partial charge in [0.15, 0.2) is 0 Å². The molecule has 4 heteroatoms. The van der Waals surface area contributed by atoms with E-state index in [1.54, 1.807) is 0 Å². The minimum absolute atomic E-state index is 0.735. The Kier molecular flexibility index (Phi) is 4.37. The number of hydrogen-bond acceptors (Lipinski definition) is 4. The molecule has 22 heavy (non-hydrogen) atoms. The number of hydrogen-bond donors (Lipinski definition) is 4. The smallest absolute Gasteiger partial charge is 0.0341 e. The molecule has 4 nitrogen and oxygen atoms in total. The van der Waals surface area contributed by atoms with Crippen molar-refractivity contribution in [3.05, 3.63) is 48.5 Å². The number of nitrogen functional groups attached to an aromatic ring is 2. The Labute approximate surface area is 131 Å². The molecule has 2 aromatic carbocycles. The highest BCUT2D eigenvalue weighted by molar-refractivity contribution is 5.52. The highest BCUT2D eigenvalue weighted by atomic mass is 14.9. The van der Waals surface area contributed by atoms with E-state index in [-0.39, 0.29) is 0 Å². The molecule has 2 atom stereocenters. The molecule has 3 rings (SSSR count).